The molecule has 0 aromatic carbocycles. The first kappa shape index (κ1) is 13.3. The molecule has 5 atom stereocenters. The molecule has 1 fully saturated rings. The summed E-state index contributed by atoms with van der Waals surface area (Å²) < 4.78 is 9.54. The summed E-state index contributed by atoms with van der Waals surface area (Å²) in [5, 5.41) is 45.3. The predicted molar refractivity (Wildman–Crippen MR) is 47.4 cm³/mol. The number of carbonyl (C=O) groups is 1. The van der Waals surface area contributed by atoms with Crippen LogP contribution in [0.2, 0.25) is 0 Å². The first-order valence-corrected chi connectivity index (χ1v) is 4.61. The third kappa shape index (κ3) is 2.88. The van der Waals surface area contributed by atoms with Crippen molar-refractivity contribution in [1.29, 1.82) is 0 Å². The number of carboxylic acid groups (broad SMARTS) is 1. The van der Waals surface area contributed by atoms with Gasteiger partial charge in [0.25, 0.3) is 0 Å². The Balaban J connectivity index is 2.60. The number of aliphatic hydroxyl groups is 4. The van der Waals surface area contributed by atoms with Gasteiger partial charge in [-0.3, -0.25) is 0 Å². The van der Waals surface area contributed by atoms with Crippen molar-refractivity contribution >= 4 is 5.97 Å². The van der Waals surface area contributed by atoms with E-state index in [1.165, 1.54) is 0 Å². The van der Waals surface area contributed by atoms with Gasteiger partial charge < -0.3 is 35.0 Å². The third-order valence-electron chi connectivity index (χ3n) is 2.22. The van der Waals surface area contributed by atoms with Gasteiger partial charge in [-0.25, -0.2) is 4.79 Å². The summed E-state index contributed by atoms with van der Waals surface area (Å²) >= 11 is 0. The highest BCUT2D eigenvalue weighted by atomic mass is 16.7. The van der Waals surface area contributed by atoms with E-state index < -0.39 is 49.9 Å². The van der Waals surface area contributed by atoms with Crippen LogP contribution in [0.5, 0.6) is 0 Å². The van der Waals surface area contributed by atoms with E-state index in [1.54, 1.807) is 0 Å². The van der Waals surface area contributed by atoms with E-state index in [4.69, 9.17) is 14.9 Å². The van der Waals surface area contributed by atoms with Crippen LogP contribution in [0.15, 0.2) is 0 Å². The van der Waals surface area contributed by atoms with Gasteiger partial charge in [-0.05, 0) is 0 Å². The van der Waals surface area contributed by atoms with Crippen molar-refractivity contribution in [1.82, 2.24) is 0 Å². The van der Waals surface area contributed by atoms with Crippen molar-refractivity contribution < 1.29 is 39.8 Å². The highest BCUT2D eigenvalue weighted by Crippen LogP contribution is 2.21. The Hall–Kier alpha value is -0.770. The molecule has 0 aliphatic carbocycles. The largest absolute Gasteiger partial charge is 0.480 e. The lowest BCUT2D eigenvalue weighted by Gasteiger charge is -2.39. The Labute approximate surface area is 90.6 Å². The van der Waals surface area contributed by atoms with Crippen molar-refractivity contribution in [2.24, 2.45) is 0 Å². The van der Waals surface area contributed by atoms with Crippen LogP contribution in [-0.4, -0.2) is 75.4 Å². The zero-order valence-corrected chi connectivity index (χ0v) is 8.26. The summed E-state index contributed by atoms with van der Waals surface area (Å²) in [6.07, 6.45) is -7.12. The summed E-state index contributed by atoms with van der Waals surface area (Å²) in [4.78, 5) is 10.2. The molecule has 0 aromatic heterocycles. The Morgan fingerprint density at radius 3 is 2.31 bits per heavy atom. The van der Waals surface area contributed by atoms with Crippen molar-refractivity contribution in [2.45, 2.75) is 30.7 Å². The van der Waals surface area contributed by atoms with Gasteiger partial charge in [0.15, 0.2) is 6.29 Å². The van der Waals surface area contributed by atoms with Gasteiger partial charge in [0, 0.05) is 0 Å². The van der Waals surface area contributed by atoms with Crippen molar-refractivity contribution in [3.63, 3.8) is 0 Å². The normalized spacial score (nSPS) is 39.6. The molecule has 1 aliphatic heterocycles. The number of carboxylic acids is 1. The molecule has 1 rings (SSSR count). The fourth-order valence-corrected chi connectivity index (χ4v) is 1.36. The van der Waals surface area contributed by atoms with Gasteiger partial charge in [-0.1, -0.05) is 0 Å². The Kier molecular flexibility index (Phi) is 4.59. The standard InChI is InChI=1S/C8H14O8/c9-1-3-5(12)6(13)7(14)8(16-3)15-2-4(10)11/h3,5-9,12-14H,1-2H2,(H,10,11)/t3-,5-,6+,7+,8-/m1/s1. The van der Waals surface area contributed by atoms with Gasteiger partial charge in [0.1, 0.15) is 31.0 Å². The molecule has 1 heterocycles. The minimum absolute atomic E-state index is 0.585. The second kappa shape index (κ2) is 5.53. The van der Waals surface area contributed by atoms with Gasteiger partial charge in [-0.2, -0.15) is 0 Å². The maximum atomic E-state index is 10.2. The van der Waals surface area contributed by atoms with Crippen LogP contribution in [-0.2, 0) is 14.3 Å². The van der Waals surface area contributed by atoms with Crippen LogP contribution in [0.3, 0.4) is 0 Å². The molecule has 0 unspecified atom stereocenters. The van der Waals surface area contributed by atoms with Gasteiger partial charge >= 0.3 is 5.97 Å². The van der Waals surface area contributed by atoms with Crippen LogP contribution in [0.4, 0.5) is 0 Å². The number of hydrogen-bond acceptors (Lipinski definition) is 7. The van der Waals surface area contributed by atoms with E-state index >= 15 is 0 Å². The predicted octanol–water partition coefficient (Wildman–Crippen LogP) is -3.11. The van der Waals surface area contributed by atoms with E-state index in [0.29, 0.717) is 0 Å². The number of aliphatic carboxylic acids is 1. The van der Waals surface area contributed by atoms with Gasteiger partial charge in [0.05, 0.1) is 6.61 Å². The minimum Gasteiger partial charge on any atom is -0.480 e. The van der Waals surface area contributed by atoms with Crippen LogP contribution in [0.1, 0.15) is 0 Å². The first-order chi connectivity index (χ1) is 7.47. The van der Waals surface area contributed by atoms with E-state index in [-0.39, 0.29) is 0 Å². The van der Waals surface area contributed by atoms with E-state index in [9.17, 15) is 20.1 Å². The molecule has 5 N–H and O–H groups in total. The minimum atomic E-state index is -1.57. The highest BCUT2D eigenvalue weighted by Gasteiger charge is 2.44. The number of aliphatic hydroxyl groups excluding tert-OH is 4. The average Bonchev–Trinajstić information content (AvgIpc) is 2.25. The molecule has 8 heteroatoms. The zero-order chi connectivity index (χ0) is 12.3. The summed E-state index contributed by atoms with van der Waals surface area (Å²) in [7, 11) is 0. The molecule has 1 saturated heterocycles. The van der Waals surface area contributed by atoms with Crippen LogP contribution in [0.25, 0.3) is 0 Å². The number of rotatable bonds is 4. The van der Waals surface area contributed by atoms with E-state index in [0.717, 1.165) is 0 Å². The maximum Gasteiger partial charge on any atom is 0.329 e. The third-order valence-corrected chi connectivity index (χ3v) is 2.22. The molecule has 0 amide bonds. The molecule has 8 nitrogen and oxygen atoms in total. The summed E-state index contributed by atoms with van der Waals surface area (Å²) in [6, 6.07) is 0. The fourth-order valence-electron chi connectivity index (χ4n) is 1.36. The quantitative estimate of drug-likeness (QED) is 0.347. The molecule has 94 valence electrons. The molecule has 1 aliphatic rings. The van der Waals surface area contributed by atoms with E-state index in [1.807, 2.05) is 0 Å². The monoisotopic (exact) mass is 238 g/mol. The Morgan fingerprint density at radius 2 is 1.81 bits per heavy atom. The molecule has 0 spiro atoms. The molecule has 0 bridgehead atoms. The molecular weight excluding hydrogens is 224 g/mol. The Morgan fingerprint density at radius 1 is 1.19 bits per heavy atom. The lowest BCUT2D eigenvalue weighted by Crippen LogP contribution is -2.59. The fraction of sp³-hybridized carbons (Fsp3) is 0.875. The van der Waals surface area contributed by atoms with Gasteiger partial charge in [0.2, 0.25) is 0 Å². The maximum absolute atomic E-state index is 10.2. The smallest absolute Gasteiger partial charge is 0.329 e. The van der Waals surface area contributed by atoms with Crippen LogP contribution < -0.4 is 0 Å². The molecular formula is C8H14O8. The average molecular weight is 238 g/mol. The SMILES string of the molecule is O=C(O)CO[C@@H]1O[C@H](CO)[C@@H](O)[C@H](O)[C@@H]1O. The second-order valence-corrected chi connectivity index (χ2v) is 3.40. The number of hydrogen-bond donors (Lipinski definition) is 5. The zero-order valence-electron chi connectivity index (χ0n) is 8.26. The summed E-state index contributed by atoms with van der Waals surface area (Å²) in [6.45, 7) is -1.30. The number of ether oxygens (including phenoxy) is 2. The highest BCUT2D eigenvalue weighted by molar-refractivity contribution is 5.68. The van der Waals surface area contributed by atoms with E-state index in [2.05, 4.69) is 4.74 Å². The topological polar surface area (TPSA) is 137 Å². The summed E-state index contributed by atoms with van der Waals surface area (Å²) in [5.41, 5.74) is 0. The van der Waals surface area contributed by atoms with Crippen LogP contribution in [0, 0.1) is 0 Å². The summed E-state index contributed by atoms with van der Waals surface area (Å²) in [5.74, 6) is -1.27. The van der Waals surface area contributed by atoms with Crippen molar-refractivity contribution in [2.75, 3.05) is 13.2 Å². The van der Waals surface area contributed by atoms with Crippen molar-refractivity contribution in [3.05, 3.63) is 0 Å². The molecule has 0 aromatic rings. The molecule has 0 saturated carbocycles. The lowest BCUT2D eigenvalue weighted by molar-refractivity contribution is -0.300. The molecule has 16 heavy (non-hydrogen) atoms. The Bertz CT molecular complexity index is 242. The molecule has 0 radical (unpaired) electrons. The van der Waals surface area contributed by atoms with Gasteiger partial charge in [-0.15, -0.1) is 0 Å². The van der Waals surface area contributed by atoms with Crippen LogP contribution >= 0.6 is 0 Å². The lowest BCUT2D eigenvalue weighted by atomic mass is 9.99. The second-order valence-electron chi connectivity index (χ2n) is 3.40. The first-order valence-electron chi connectivity index (χ1n) is 4.61. The van der Waals surface area contributed by atoms with Crippen molar-refractivity contribution in [3.8, 4) is 0 Å².